The summed E-state index contributed by atoms with van der Waals surface area (Å²) in [6.45, 7) is 11.7. The van der Waals surface area contributed by atoms with Crippen molar-refractivity contribution in [1.82, 2.24) is 15.1 Å². The highest BCUT2D eigenvalue weighted by Gasteiger charge is 2.27. The zero-order valence-electron chi connectivity index (χ0n) is 13.4. The van der Waals surface area contributed by atoms with Crippen LogP contribution >= 0.6 is 0 Å². The van der Waals surface area contributed by atoms with Gasteiger partial charge in [-0.05, 0) is 13.0 Å². The Labute approximate surface area is 126 Å². The molecule has 0 saturated carbocycles. The van der Waals surface area contributed by atoms with Gasteiger partial charge in [-0.3, -0.25) is 0 Å². The van der Waals surface area contributed by atoms with Crippen molar-refractivity contribution in [2.45, 2.75) is 52.4 Å². The molecule has 6 nitrogen and oxygen atoms in total. The molecule has 0 amide bonds. The first kappa shape index (κ1) is 16.2. The molecule has 0 spiro atoms. The number of rotatable bonds is 7. The van der Waals surface area contributed by atoms with E-state index in [9.17, 15) is 4.79 Å². The van der Waals surface area contributed by atoms with Crippen LogP contribution in [-0.4, -0.2) is 37.0 Å². The van der Waals surface area contributed by atoms with Gasteiger partial charge in [-0.2, -0.15) is 5.10 Å². The molecular formula is C14H25N3O3Si. The highest BCUT2D eigenvalue weighted by atomic mass is 28.3. The minimum absolute atomic E-state index is 0.349. The van der Waals surface area contributed by atoms with Gasteiger partial charge < -0.3 is 14.8 Å². The van der Waals surface area contributed by atoms with Crippen LogP contribution in [0, 0.1) is 0 Å². The van der Waals surface area contributed by atoms with Crippen LogP contribution in [0.4, 0.5) is 0 Å². The van der Waals surface area contributed by atoms with Gasteiger partial charge in [0.1, 0.15) is 6.73 Å². The van der Waals surface area contributed by atoms with Crippen molar-refractivity contribution >= 4 is 14.0 Å². The van der Waals surface area contributed by atoms with E-state index in [2.05, 4.69) is 30.1 Å². The van der Waals surface area contributed by atoms with Gasteiger partial charge in [0.05, 0.1) is 12.3 Å². The SMILES string of the molecule is CCOC(=O)c1nn(COCC[Si](C)(C)C)c2c1CNC2. The van der Waals surface area contributed by atoms with Crippen molar-refractivity contribution in [2.75, 3.05) is 13.2 Å². The molecule has 0 aliphatic carbocycles. The van der Waals surface area contributed by atoms with Crippen molar-refractivity contribution in [3.63, 3.8) is 0 Å². The number of nitrogens with one attached hydrogen (secondary N) is 1. The first-order valence-electron chi connectivity index (χ1n) is 7.46. The fourth-order valence-corrected chi connectivity index (χ4v) is 2.98. The number of hydrogen-bond acceptors (Lipinski definition) is 5. The van der Waals surface area contributed by atoms with Crippen molar-refractivity contribution in [2.24, 2.45) is 0 Å². The lowest BCUT2D eigenvalue weighted by Gasteiger charge is -2.15. The zero-order valence-corrected chi connectivity index (χ0v) is 14.4. The quantitative estimate of drug-likeness (QED) is 0.474. The molecule has 0 radical (unpaired) electrons. The maximum atomic E-state index is 11.9. The minimum Gasteiger partial charge on any atom is -0.461 e. The number of hydrogen-bond donors (Lipinski definition) is 1. The van der Waals surface area contributed by atoms with Gasteiger partial charge >= 0.3 is 5.97 Å². The number of nitrogens with zero attached hydrogens (tertiary/aromatic N) is 2. The molecule has 1 N–H and O–H groups in total. The summed E-state index contributed by atoms with van der Waals surface area (Å²) in [5.41, 5.74) is 2.40. The molecule has 0 unspecified atom stereocenters. The minimum atomic E-state index is -1.08. The van der Waals surface area contributed by atoms with Gasteiger partial charge in [-0.1, -0.05) is 19.6 Å². The Morgan fingerprint density at radius 1 is 1.38 bits per heavy atom. The monoisotopic (exact) mass is 311 g/mol. The maximum Gasteiger partial charge on any atom is 0.359 e. The molecule has 0 saturated heterocycles. The Bertz CT molecular complexity index is 508. The standard InChI is InChI=1S/C14H25N3O3Si/c1-5-20-14(18)13-11-8-15-9-12(11)17(16-13)10-19-6-7-21(2,3)4/h15H,5-10H2,1-4H3. The summed E-state index contributed by atoms with van der Waals surface area (Å²) in [5.74, 6) is -0.349. The molecule has 0 atom stereocenters. The molecule has 1 aromatic heterocycles. The molecule has 1 aromatic rings. The lowest BCUT2D eigenvalue weighted by molar-refractivity contribution is 0.0508. The Balaban J connectivity index is 2.00. The molecular weight excluding hydrogens is 286 g/mol. The van der Waals surface area contributed by atoms with E-state index < -0.39 is 8.07 Å². The van der Waals surface area contributed by atoms with Crippen LogP contribution in [0.5, 0.6) is 0 Å². The molecule has 0 bridgehead atoms. The first-order chi connectivity index (χ1) is 9.92. The van der Waals surface area contributed by atoms with E-state index in [-0.39, 0.29) is 5.97 Å². The summed E-state index contributed by atoms with van der Waals surface area (Å²) >= 11 is 0. The van der Waals surface area contributed by atoms with Crippen LogP contribution in [0.3, 0.4) is 0 Å². The summed E-state index contributed by atoms with van der Waals surface area (Å²) < 4.78 is 12.6. The number of aromatic nitrogens is 2. The predicted octanol–water partition coefficient (Wildman–Crippen LogP) is 1.98. The van der Waals surface area contributed by atoms with Crippen molar-refractivity contribution in [3.8, 4) is 0 Å². The van der Waals surface area contributed by atoms with Gasteiger partial charge in [0, 0.05) is 33.3 Å². The summed E-state index contributed by atoms with van der Waals surface area (Å²) in [6.07, 6.45) is 0. The third kappa shape index (κ3) is 4.15. The molecule has 2 rings (SSSR count). The van der Waals surface area contributed by atoms with Crippen LogP contribution in [-0.2, 0) is 29.3 Å². The maximum absolute atomic E-state index is 11.9. The van der Waals surface area contributed by atoms with Gasteiger partial charge in [0.2, 0.25) is 0 Å². The summed E-state index contributed by atoms with van der Waals surface area (Å²) in [6, 6.07) is 1.12. The Morgan fingerprint density at radius 3 is 2.81 bits per heavy atom. The average Bonchev–Trinajstić information content (AvgIpc) is 2.96. The highest BCUT2D eigenvalue weighted by molar-refractivity contribution is 6.76. The van der Waals surface area contributed by atoms with E-state index in [4.69, 9.17) is 9.47 Å². The normalized spacial score (nSPS) is 14.3. The molecule has 7 heteroatoms. The third-order valence-electron chi connectivity index (χ3n) is 3.44. The van der Waals surface area contributed by atoms with Gasteiger partial charge in [-0.25, -0.2) is 9.48 Å². The Hall–Kier alpha value is -1.18. The molecule has 118 valence electrons. The number of ether oxygens (including phenoxy) is 2. The van der Waals surface area contributed by atoms with Crippen LogP contribution in [0.25, 0.3) is 0 Å². The van der Waals surface area contributed by atoms with Crippen LogP contribution in [0.1, 0.15) is 28.7 Å². The van der Waals surface area contributed by atoms with Crippen LogP contribution in [0.15, 0.2) is 0 Å². The lowest BCUT2D eigenvalue weighted by atomic mass is 10.2. The first-order valence-corrected chi connectivity index (χ1v) is 11.2. The second-order valence-electron chi connectivity index (χ2n) is 6.45. The number of esters is 1. The van der Waals surface area contributed by atoms with Gasteiger partial charge in [0.25, 0.3) is 0 Å². The second kappa shape index (κ2) is 6.72. The van der Waals surface area contributed by atoms with E-state index in [0.29, 0.717) is 25.6 Å². The summed E-state index contributed by atoms with van der Waals surface area (Å²) in [5, 5.41) is 7.62. The van der Waals surface area contributed by atoms with E-state index in [1.54, 1.807) is 11.6 Å². The van der Waals surface area contributed by atoms with Crippen LogP contribution in [0.2, 0.25) is 25.7 Å². The Morgan fingerprint density at radius 2 is 2.14 bits per heavy atom. The van der Waals surface area contributed by atoms with E-state index >= 15 is 0 Å². The second-order valence-corrected chi connectivity index (χ2v) is 12.1. The summed E-state index contributed by atoms with van der Waals surface area (Å²) in [4.78, 5) is 11.9. The zero-order chi connectivity index (χ0) is 15.5. The smallest absolute Gasteiger partial charge is 0.359 e. The van der Waals surface area contributed by atoms with Crippen molar-refractivity contribution in [3.05, 3.63) is 17.0 Å². The predicted molar refractivity (Wildman–Crippen MR) is 82.8 cm³/mol. The fourth-order valence-electron chi connectivity index (χ4n) is 2.22. The highest BCUT2D eigenvalue weighted by Crippen LogP contribution is 2.20. The molecule has 1 aliphatic heterocycles. The van der Waals surface area contributed by atoms with Crippen molar-refractivity contribution in [1.29, 1.82) is 0 Å². The fraction of sp³-hybridized carbons (Fsp3) is 0.714. The Kier molecular flexibility index (Phi) is 5.18. The molecule has 2 heterocycles. The van der Waals surface area contributed by atoms with E-state index in [0.717, 1.165) is 30.5 Å². The van der Waals surface area contributed by atoms with Crippen LogP contribution < -0.4 is 5.32 Å². The molecule has 0 aromatic carbocycles. The number of carbonyl (C=O) groups excluding carboxylic acids is 1. The van der Waals surface area contributed by atoms with E-state index in [1.165, 1.54) is 0 Å². The molecule has 1 aliphatic rings. The average molecular weight is 311 g/mol. The largest absolute Gasteiger partial charge is 0.461 e. The number of fused-ring (bicyclic) bond motifs is 1. The van der Waals surface area contributed by atoms with E-state index in [1.807, 2.05) is 0 Å². The lowest BCUT2D eigenvalue weighted by Crippen LogP contribution is -2.22. The van der Waals surface area contributed by atoms with Gasteiger partial charge in [0.15, 0.2) is 5.69 Å². The molecule has 0 fully saturated rings. The van der Waals surface area contributed by atoms with Gasteiger partial charge in [-0.15, -0.1) is 0 Å². The molecule has 21 heavy (non-hydrogen) atoms. The van der Waals surface area contributed by atoms with Crippen molar-refractivity contribution < 1.29 is 14.3 Å². The third-order valence-corrected chi connectivity index (χ3v) is 5.14. The summed E-state index contributed by atoms with van der Waals surface area (Å²) in [7, 11) is -1.08. The topological polar surface area (TPSA) is 65.4 Å². The number of carbonyl (C=O) groups is 1.